The van der Waals surface area contributed by atoms with Crippen molar-refractivity contribution in [3.05, 3.63) is 54.4 Å². The van der Waals surface area contributed by atoms with Crippen molar-refractivity contribution in [1.82, 2.24) is 10.3 Å². The normalized spacial score (nSPS) is 12.3. The first-order chi connectivity index (χ1) is 11.2. The maximum Gasteiger partial charge on any atom is 0.251 e. The maximum absolute atomic E-state index is 12.0. The van der Waals surface area contributed by atoms with Crippen LogP contribution in [0.4, 0.5) is 0 Å². The molecule has 0 fully saturated rings. The van der Waals surface area contributed by atoms with Crippen molar-refractivity contribution in [2.45, 2.75) is 19.4 Å². The number of aromatic nitrogens is 1. The highest BCUT2D eigenvalue weighted by atomic mass is 16.3. The molecule has 1 atom stereocenters. The fourth-order valence-corrected chi connectivity index (χ4v) is 2.36. The van der Waals surface area contributed by atoms with Gasteiger partial charge in [0.25, 0.3) is 5.91 Å². The minimum atomic E-state index is -0.513. The Labute approximate surface area is 134 Å². The molecule has 2 heterocycles. The topological polar surface area (TPSA) is 75.4 Å². The third-order valence-electron chi connectivity index (χ3n) is 3.77. The first kappa shape index (κ1) is 15.2. The number of furan rings is 1. The zero-order valence-corrected chi connectivity index (χ0v) is 12.8. The molecule has 118 valence electrons. The van der Waals surface area contributed by atoms with Crippen molar-refractivity contribution in [2.24, 2.45) is 0 Å². The molecular formula is C18H18N2O3. The third-order valence-corrected chi connectivity index (χ3v) is 3.77. The lowest BCUT2D eigenvalue weighted by atomic mass is 10.1. The van der Waals surface area contributed by atoms with Crippen LogP contribution in [-0.4, -0.2) is 28.6 Å². The number of carbonyl (C=O) groups excluding carboxylic acids is 1. The molecule has 0 saturated carbocycles. The molecule has 23 heavy (non-hydrogen) atoms. The molecule has 1 aromatic carbocycles. The van der Waals surface area contributed by atoms with Gasteiger partial charge in [0.1, 0.15) is 5.58 Å². The van der Waals surface area contributed by atoms with Crippen LogP contribution in [0.15, 0.2) is 53.3 Å². The quantitative estimate of drug-likeness (QED) is 0.759. The molecule has 3 aromatic rings. The predicted molar refractivity (Wildman–Crippen MR) is 88.1 cm³/mol. The number of hydrogen-bond acceptors (Lipinski definition) is 4. The number of amides is 1. The summed E-state index contributed by atoms with van der Waals surface area (Å²) in [6.45, 7) is 2.13. The van der Waals surface area contributed by atoms with Gasteiger partial charge in [0.2, 0.25) is 0 Å². The van der Waals surface area contributed by atoms with E-state index in [9.17, 15) is 9.90 Å². The summed E-state index contributed by atoms with van der Waals surface area (Å²) < 4.78 is 5.38. The molecule has 2 N–H and O–H groups in total. The summed E-state index contributed by atoms with van der Waals surface area (Å²) in [6.07, 6.45) is 3.44. The van der Waals surface area contributed by atoms with E-state index in [4.69, 9.17) is 4.42 Å². The van der Waals surface area contributed by atoms with Gasteiger partial charge in [-0.15, -0.1) is 0 Å². The van der Waals surface area contributed by atoms with Gasteiger partial charge in [0.15, 0.2) is 0 Å². The fraction of sp³-hybridized carbons (Fsp3) is 0.222. The number of aliphatic hydroxyl groups is 1. The molecule has 0 saturated heterocycles. The highest BCUT2D eigenvalue weighted by Gasteiger charge is 2.10. The van der Waals surface area contributed by atoms with E-state index < -0.39 is 6.10 Å². The molecule has 1 amide bonds. The number of aliphatic hydroxyl groups excluding tert-OH is 1. The molecule has 0 aliphatic carbocycles. The van der Waals surface area contributed by atoms with Gasteiger partial charge >= 0.3 is 0 Å². The molecule has 0 radical (unpaired) electrons. The van der Waals surface area contributed by atoms with E-state index in [-0.39, 0.29) is 12.5 Å². The summed E-state index contributed by atoms with van der Waals surface area (Å²) in [5.41, 5.74) is 3.08. The van der Waals surface area contributed by atoms with Gasteiger partial charge in [0, 0.05) is 29.3 Å². The van der Waals surface area contributed by atoms with Gasteiger partial charge in [-0.05, 0) is 30.7 Å². The number of fused-ring (bicyclic) bond motifs is 1. The molecule has 5 heteroatoms. The summed E-state index contributed by atoms with van der Waals surface area (Å²) in [7, 11) is 0. The number of benzene rings is 1. The van der Waals surface area contributed by atoms with Gasteiger partial charge in [0.05, 0.1) is 18.1 Å². The second-order valence-corrected chi connectivity index (χ2v) is 5.34. The molecule has 1 unspecified atom stereocenters. The zero-order valence-electron chi connectivity index (χ0n) is 12.8. The molecule has 0 aliphatic heterocycles. The van der Waals surface area contributed by atoms with E-state index in [0.29, 0.717) is 12.0 Å². The first-order valence-electron chi connectivity index (χ1n) is 7.58. The van der Waals surface area contributed by atoms with Crippen molar-refractivity contribution in [3.63, 3.8) is 0 Å². The van der Waals surface area contributed by atoms with Crippen LogP contribution in [0.5, 0.6) is 0 Å². The lowest BCUT2D eigenvalue weighted by Gasteiger charge is -2.10. The Bertz CT molecular complexity index is 809. The summed E-state index contributed by atoms with van der Waals surface area (Å²) in [5.74, 6) is -0.196. The average Bonchev–Trinajstić information content (AvgIpc) is 3.08. The Balaban J connectivity index is 1.79. The number of nitrogens with zero attached hydrogens (tertiary/aromatic N) is 1. The highest BCUT2D eigenvalue weighted by Crippen LogP contribution is 2.27. The van der Waals surface area contributed by atoms with Crippen LogP contribution in [0.1, 0.15) is 23.7 Å². The number of rotatable bonds is 5. The van der Waals surface area contributed by atoms with E-state index >= 15 is 0 Å². The van der Waals surface area contributed by atoms with E-state index in [1.54, 1.807) is 24.6 Å². The average molecular weight is 310 g/mol. The van der Waals surface area contributed by atoms with Gasteiger partial charge in [-0.3, -0.25) is 9.78 Å². The first-order valence-corrected chi connectivity index (χ1v) is 7.58. The molecule has 0 aliphatic rings. The predicted octanol–water partition coefficient (Wildman–Crippen LogP) is 3.00. The molecular weight excluding hydrogens is 292 g/mol. The number of hydrogen-bond donors (Lipinski definition) is 2. The van der Waals surface area contributed by atoms with Crippen LogP contribution in [0.3, 0.4) is 0 Å². The lowest BCUT2D eigenvalue weighted by Crippen LogP contribution is -2.31. The van der Waals surface area contributed by atoms with Crippen molar-refractivity contribution in [3.8, 4) is 11.3 Å². The summed E-state index contributed by atoms with van der Waals surface area (Å²) in [4.78, 5) is 16.4. The van der Waals surface area contributed by atoms with E-state index in [2.05, 4.69) is 10.3 Å². The Morgan fingerprint density at radius 1 is 1.26 bits per heavy atom. The van der Waals surface area contributed by atoms with Crippen LogP contribution in [-0.2, 0) is 0 Å². The largest absolute Gasteiger partial charge is 0.464 e. The molecule has 0 spiro atoms. The van der Waals surface area contributed by atoms with Gasteiger partial charge in [-0.2, -0.15) is 0 Å². The van der Waals surface area contributed by atoms with Crippen molar-refractivity contribution in [2.75, 3.05) is 6.54 Å². The SMILES string of the molecule is CCC(O)CNC(=O)c1ccc(-c2nccc3occc23)cc1. The van der Waals surface area contributed by atoms with Crippen LogP contribution in [0.2, 0.25) is 0 Å². The highest BCUT2D eigenvalue weighted by molar-refractivity contribution is 5.96. The van der Waals surface area contributed by atoms with Gasteiger partial charge < -0.3 is 14.8 Å². The summed E-state index contributed by atoms with van der Waals surface area (Å²) in [6, 6.07) is 10.9. The summed E-state index contributed by atoms with van der Waals surface area (Å²) in [5, 5.41) is 13.2. The molecule has 2 aromatic heterocycles. The van der Waals surface area contributed by atoms with E-state index in [1.807, 2.05) is 31.2 Å². The lowest BCUT2D eigenvalue weighted by molar-refractivity contribution is 0.0914. The van der Waals surface area contributed by atoms with Crippen molar-refractivity contribution < 1.29 is 14.3 Å². The van der Waals surface area contributed by atoms with Crippen LogP contribution in [0.25, 0.3) is 22.2 Å². The molecule has 3 rings (SSSR count). The molecule has 5 nitrogen and oxygen atoms in total. The van der Waals surface area contributed by atoms with Crippen LogP contribution in [0, 0.1) is 0 Å². The number of pyridine rings is 1. The van der Waals surface area contributed by atoms with Crippen molar-refractivity contribution in [1.29, 1.82) is 0 Å². The second-order valence-electron chi connectivity index (χ2n) is 5.34. The van der Waals surface area contributed by atoms with Gasteiger partial charge in [-0.25, -0.2) is 0 Å². The van der Waals surface area contributed by atoms with E-state index in [1.165, 1.54) is 0 Å². The summed E-state index contributed by atoms with van der Waals surface area (Å²) >= 11 is 0. The van der Waals surface area contributed by atoms with Crippen LogP contribution < -0.4 is 5.32 Å². The number of carbonyl (C=O) groups is 1. The Kier molecular flexibility index (Phi) is 4.39. The monoisotopic (exact) mass is 310 g/mol. The fourth-order valence-electron chi connectivity index (χ4n) is 2.36. The second kappa shape index (κ2) is 6.62. The minimum Gasteiger partial charge on any atom is -0.464 e. The van der Waals surface area contributed by atoms with Gasteiger partial charge in [-0.1, -0.05) is 19.1 Å². The Morgan fingerprint density at radius 3 is 2.78 bits per heavy atom. The molecule has 0 bridgehead atoms. The van der Waals surface area contributed by atoms with Crippen molar-refractivity contribution >= 4 is 16.9 Å². The minimum absolute atomic E-state index is 0.196. The maximum atomic E-state index is 12.0. The Hall–Kier alpha value is -2.66. The zero-order chi connectivity index (χ0) is 16.2. The van der Waals surface area contributed by atoms with E-state index in [0.717, 1.165) is 22.2 Å². The standard InChI is InChI=1S/C18H18N2O3/c1-2-14(21)11-20-18(22)13-5-3-12(4-6-13)17-15-8-10-23-16(15)7-9-19-17/h3-10,14,21H,2,11H2,1H3,(H,20,22). The third kappa shape index (κ3) is 3.24. The smallest absolute Gasteiger partial charge is 0.251 e. The van der Waals surface area contributed by atoms with Crippen LogP contribution >= 0.6 is 0 Å². The number of nitrogens with one attached hydrogen (secondary N) is 1. The Morgan fingerprint density at radius 2 is 2.04 bits per heavy atom.